The molecule has 1 aliphatic heterocycles. The molecule has 0 N–H and O–H groups in total. The Morgan fingerprint density at radius 3 is 2.83 bits per heavy atom. The zero-order chi connectivity index (χ0) is 13.0. The van der Waals surface area contributed by atoms with Gasteiger partial charge >= 0.3 is 0 Å². The maximum absolute atomic E-state index is 4.07. The van der Waals surface area contributed by atoms with E-state index in [1.165, 1.54) is 24.1 Å². The van der Waals surface area contributed by atoms with Crippen LogP contribution >= 0.6 is 0 Å². The molecule has 0 saturated heterocycles. The predicted molar refractivity (Wildman–Crippen MR) is 80.1 cm³/mol. The van der Waals surface area contributed by atoms with Crippen molar-refractivity contribution in [1.29, 1.82) is 0 Å². The Balaban J connectivity index is 2.01. The molecule has 1 aromatic rings. The van der Waals surface area contributed by atoms with Gasteiger partial charge < -0.3 is 4.90 Å². The number of hydrogen-bond donors (Lipinski definition) is 0. The van der Waals surface area contributed by atoms with Crippen LogP contribution in [-0.2, 0) is 6.42 Å². The van der Waals surface area contributed by atoms with Gasteiger partial charge in [0.05, 0.1) is 0 Å². The van der Waals surface area contributed by atoms with Gasteiger partial charge in [0.1, 0.15) is 0 Å². The van der Waals surface area contributed by atoms with Crippen molar-refractivity contribution in [2.45, 2.75) is 19.3 Å². The molecule has 0 aliphatic carbocycles. The minimum Gasteiger partial charge on any atom is -0.371 e. The van der Waals surface area contributed by atoms with E-state index < -0.39 is 0 Å². The third kappa shape index (κ3) is 2.73. The molecule has 1 aliphatic rings. The summed E-state index contributed by atoms with van der Waals surface area (Å²) in [6.07, 6.45) is 5.19. The second-order valence-corrected chi connectivity index (χ2v) is 4.80. The molecule has 18 heavy (non-hydrogen) atoms. The van der Waals surface area contributed by atoms with E-state index in [-0.39, 0.29) is 0 Å². The van der Waals surface area contributed by atoms with E-state index in [1.54, 1.807) is 6.08 Å². The van der Waals surface area contributed by atoms with Crippen LogP contribution in [0.5, 0.6) is 0 Å². The average molecular weight is 239 g/mol. The Morgan fingerprint density at radius 2 is 2.06 bits per heavy atom. The first-order valence-corrected chi connectivity index (χ1v) is 6.54. The molecule has 94 valence electrons. The van der Waals surface area contributed by atoms with Crippen LogP contribution in [-0.4, -0.2) is 13.1 Å². The Kier molecular flexibility index (Phi) is 4.03. The normalized spacial score (nSPS) is 13.9. The van der Waals surface area contributed by atoms with Crippen molar-refractivity contribution in [3.8, 4) is 0 Å². The lowest BCUT2D eigenvalue weighted by atomic mass is 10.0. The molecule has 0 amide bonds. The fraction of sp³-hybridized carbons (Fsp3) is 0.294. The van der Waals surface area contributed by atoms with Crippen LogP contribution in [0.4, 0.5) is 5.69 Å². The summed E-state index contributed by atoms with van der Waals surface area (Å²) < 4.78 is 0. The summed E-state index contributed by atoms with van der Waals surface area (Å²) in [5.41, 5.74) is 4.91. The topological polar surface area (TPSA) is 3.24 Å². The summed E-state index contributed by atoms with van der Waals surface area (Å²) in [6, 6.07) is 8.70. The smallest absolute Gasteiger partial charge is 0.0398 e. The summed E-state index contributed by atoms with van der Waals surface area (Å²) >= 11 is 0. The standard InChI is InChI=1S/C17H21N/c1-4-14(2)15(3)11-13-18-12-7-9-16-8-5-6-10-17(16)18/h4-6,8,10H,1-3,7,9,11-13H2. The molecule has 1 heteroatoms. The van der Waals surface area contributed by atoms with Crippen molar-refractivity contribution in [2.24, 2.45) is 0 Å². The van der Waals surface area contributed by atoms with E-state index in [0.717, 1.165) is 30.7 Å². The van der Waals surface area contributed by atoms with Crippen molar-refractivity contribution in [3.63, 3.8) is 0 Å². The van der Waals surface area contributed by atoms with Gasteiger partial charge in [-0.05, 0) is 42.0 Å². The highest BCUT2D eigenvalue weighted by molar-refractivity contribution is 5.55. The molecule has 0 aromatic heterocycles. The van der Waals surface area contributed by atoms with Gasteiger partial charge in [-0.3, -0.25) is 0 Å². The molecule has 0 spiro atoms. The number of anilines is 1. The lowest BCUT2D eigenvalue weighted by Gasteiger charge is -2.31. The summed E-state index contributed by atoms with van der Waals surface area (Å²) in [5, 5.41) is 0. The van der Waals surface area contributed by atoms with E-state index in [2.05, 4.69) is 48.9 Å². The number of fused-ring (bicyclic) bond motifs is 1. The zero-order valence-electron chi connectivity index (χ0n) is 11.0. The highest BCUT2D eigenvalue weighted by atomic mass is 15.1. The Hall–Kier alpha value is -1.76. The third-order valence-electron chi connectivity index (χ3n) is 3.59. The predicted octanol–water partition coefficient (Wildman–Crippen LogP) is 4.13. The van der Waals surface area contributed by atoms with Gasteiger partial charge in [-0.25, -0.2) is 0 Å². The quantitative estimate of drug-likeness (QED) is 0.698. The summed E-state index contributed by atoms with van der Waals surface area (Å²) in [4.78, 5) is 2.46. The molecule has 2 rings (SSSR count). The molecule has 1 heterocycles. The van der Waals surface area contributed by atoms with Crippen LogP contribution in [0.2, 0.25) is 0 Å². The molecule has 1 nitrogen and oxygen atoms in total. The summed E-state index contributed by atoms with van der Waals surface area (Å²) in [6.45, 7) is 13.9. The minimum absolute atomic E-state index is 0.958. The highest BCUT2D eigenvalue weighted by Gasteiger charge is 2.15. The van der Waals surface area contributed by atoms with E-state index in [9.17, 15) is 0 Å². The second-order valence-electron chi connectivity index (χ2n) is 4.80. The summed E-state index contributed by atoms with van der Waals surface area (Å²) in [7, 11) is 0. The Labute approximate surface area is 110 Å². The molecule has 0 unspecified atom stereocenters. The van der Waals surface area contributed by atoms with Crippen molar-refractivity contribution in [2.75, 3.05) is 18.0 Å². The van der Waals surface area contributed by atoms with Crippen LogP contribution in [0.15, 0.2) is 61.2 Å². The lowest BCUT2D eigenvalue weighted by molar-refractivity contribution is 0.688. The van der Waals surface area contributed by atoms with Gasteiger partial charge in [0.25, 0.3) is 0 Å². The van der Waals surface area contributed by atoms with E-state index in [0.29, 0.717) is 0 Å². The third-order valence-corrected chi connectivity index (χ3v) is 3.59. The minimum atomic E-state index is 0.958. The number of hydrogen-bond acceptors (Lipinski definition) is 1. The van der Waals surface area contributed by atoms with Crippen LogP contribution < -0.4 is 4.90 Å². The van der Waals surface area contributed by atoms with Gasteiger partial charge in [-0.2, -0.15) is 0 Å². The number of aryl methyl sites for hydroxylation is 1. The second kappa shape index (κ2) is 5.72. The maximum atomic E-state index is 4.07. The van der Waals surface area contributed by atoms with Gasteiger partial charge in [-0.1, -0.05) is 44.0 Å². The van der Waals surface area contributed by atoms with Crippen LogP contribution in [0.25, 0.3) is 0 Å². The van der Waals surface area contributed by atoms with Crippen LogP contribution in [0.1, 0.15) is 18.4 Å². The molecule has 0 saturated carbocycles. The number of para-hydroxylation sites is 1. The molecule has 0 atom stereocenters. The summed E-state index contributed by atoms with van der Waals surface area (Å²) in [5.74, 6) is 0. The van der Waals surface area contributed by atoms with E-state index in [1.807, 2.05) is 0 Å². The monoisotopic (exact) mass is 239 g/mol. The molecule has 1 aromatic carbocycles. The molecule has 0 radical (unpaired) electrons. The lowest BCUT2D eigenvalue weighted by Crippen LogP contribution is -2.30. The van der Waals surface area contributed by atoms with E-state index in [4.69, 9.17) is 0 Å². The number of benzene rings is 1. The van der Waals surface area contributed by atoms with Crippen molar-refractivity contribution in [1.82, 2.24) is 0 Å². The average Bonchev–Trinajstić information content (AvgIpc) is 2.43. The number of allylic oxidation sites excluding steroid dienone is 2. The van der Waals surface area contributed by atoms with Crippen LogP contribution in [0.3, 0.4) is 0 Å². The molecule has 0 fully saturated rings. The van der Waals surface area contributed by atoms with Gasteiger partial charge in [0, 0.05) is 18.8 Å². The fourth-order valence-electron chi connectivity index (χ4n) is 2.42. The van der Waals surface area contributed by atoms with Gasteiger partial charge in [0.2, 0.25) is 0 Å². The fourth-order valence-corrected chi connectivity index (χ4v) is 2.42. The molecular formula is C17H21N. The molecular weight excluding hydrogens is 218 g/mol. The number of nitrogens with zero attached hydrogens (tertiary/aromatic N) is 1. The first-order chi connectivity index (χ1) is 8.72. The first-order valence-electron chi connectivity index (χ1n) is 6.54. The van der Waals surface area contributed by atoms with Gasteiger partial charge in [-0.15, -0.1) is 0 Å². The van der Waals surface area contributed by atoms with E-state index >= 15 is 0 Å². The SMILES string of the molecule is C=CC(=C)C(=C)CCN1CCCc2ccccc21. The zero-order valence-corrected chi connectivity index (χ0v) is 11.0. The highest BCUT2D eigenvalue weighted by Crippen LogP contribution is 2.27. The van der Waals surface area contributed by atoms with Crippen molar-refractivity contribution >= 4 is 5.69 Å². The Morgan fingerprint density at radius 1 is 1.28 bits per heavy atom. The molecule has 0 bridgehead atoms. The van der Waals surface area contributed by atoms with Gasteiger partial charge in [0.15, 0.2) is 0 Å². The Bertz CT molecular complexity index is 470. The van der Waals surface area contributed by atoms with Crippen molar-refractivity contribution < 1.29 is 0 Å². The largest absolute Gasteiger partial charge is 0.371 e. The first kappa shape index (κ1) is 12.7. The van der Waals surface area contributed by atoms with Crippen molar-refractivity contribution in [3.05, 3.63) is 66.8 Å². The number of rotatable bonds is 5. The van der Waals surface area contributed by atoms with Crippen LogP contribution in [0, 0.1) is 0 Å². The maximum Gasteiger partial charge on any atom is 0.0398 e.